The van der Waals surface area contributed by atoms with Crippen LogP contribution in [0.1, 0.15) is 28.4 Å². The Kier molecular flexibility index (Phi) is 5.36. The van der Waals surface area contributed by atoms with E-state index in [1.807, 2.05) is 38.1 Å². The summed E-state index contributed by atoms with van der Waals surface area (Å²) in [5.41, 5.74) is 7.16. The van der Waals surface area contributed by atoms with Gasteiger partial charge in [-0.15, -0.1) is 0 Å². The number of hydrazine groups is 1. The van der Waals surface area contributed by atoms with E-state index in [0.717, 1.165) is 11.1 Å². The number of para-hydroxylation sites is 1. The van der Waals surface area contributed by atoms with Crippen LogP contribution in [-0.2, 0) is 4.79 Å². The Morgan fingerprint density at radius 3 is 2.43 bits per heavy atom. The zero-order valence-corrected chi connectivity index (χ0v) is 13.4. The quantitative estimate of drug-likeness (QED) is 0.853. The maximum atomic E-state index is 12.0. The lowest BCUT2D eigenvalue weighted by Gasteiger charge is -2.16. The van der Waals surface area contributed by atoms with Gasteiger partial charge in [-0.25, -0.2) is 0 Å². The van der Waals surface area contributed by atoms with Crippen molar-refractivity contribution in [2.75, 3.05) is 0 Å². The van der Waals surface area contributed by atoms with Crippen molar-refractivity contribution in [2.24, 2.45) is 0 Å². The minimum Gasteiger partial charge on any atom is -0.481 e. The average molecular weight is 312 g/mol. The molecule has 2 N–H and O–H groups in total. The number of carbonyl (C=O) groups is 2. The molecule has 0 bridgehead atoms. The third kappa shape index (κ3) is 4.57. The monoisotopic (exact) mass is 312 g/mol. The van der Waals surface area contributed by atoms with Gasteiger partial charge in [-0.05, 0) is 44.5 Å². The second-order valence-electron chi connectivity index (χ2n) is 5.34. The molecule has 0 aromatic heterocycles. The van der Waals surface area contributed by atoms with Gasteiger partial charge in [0.15, 0.2) is 6.10 Å². The Morgan fingerprint density at radius 2 is 1.74 bits per heavy atom. The molecule has 5 nitrogen and oxygen atoms in total. The van der Waals surface area contributed by atoms with Crippen LogP contribution in [0, 0.1) is 13.8 Å². The van der Waals surface area contributed by atoms with E-state index in [-0.39, 0.29) is 5.91 Å². The minimum atomic E-state index is -0.728. The van der Waals surface area contributed by atoms with Crippen LogP contribution in [0.3, 0.4) is 0 Å². The Labute approximate surface area is 135 Å². The summed E-state index contributed by atoms with van der Waals surface area (Å²) in [6.45, 7) is 5.42. The average Bonchev–Trinajstić information content (AvgIpc) is 2.54. The molecule has 2 aromatic rings. The van der Waals surface area contributed by atoms with Gasteiger partial charge in [-0.3, -0.25) is 20.4 Å². The zero-order chi connectivity index (χ0) is 16.8. The van der Waals surface area contributed by atoms with Gasteiger partial charge in [0.2, 0.25) is 0 Å². The predicted octanol–water partition coefficient (Wildman–Crippen LogP) is 2.53. The zero-order valence-electron chi connectivity index (χ0n) is 13.4. The van der Waals surface area contributed by atoms with Crippen LogP contribution in [0.25, 0.3) is 0 Å². The van der Waals surface area contributed by atoms with Crippen molar-refractivity contribution < 1.29 is 14.3 Å². The molecule has 0 aliphatic heterocycles. The van der Waals surface area contributed by atoms with Crippen LogP contribution >= 0.6 is 0 Å². The van der Waals surface area contributed by atoms with Crippen LogP contribution in [0.2, 0.25) is 0 Å². The van der Waals surface area contributed by atoms with Crippen LogP contribution in [0.15, 0.2) is 48.5 Å². The molecule has 0 saturated heterocycles. The first-order valence-corrected chi connectivity index (χ1v) is 7.36. The maximum absolute atomic E-state index is 12.0. The normalized spacial score (nSPS) is 11.4. The van der Waals surface area contributed by atoms with E-state index < -0.39 is 12.0 Å². The summed E-state index contributed by atoms with van der Waals surface area (Å²) in [5.74, 6) is -0.153. The van der Waals surface area contributed by atoms with Gasteiger partial charge in [-0.2, -0.15) is 0 Å². The van der Waals surface area contributed by atoms with Crippen molar-refractivity contribution in [1.82, 2.24) is 10.9 Å². The van der Waals surface area contributed by atoms with Gasteiger partial charge in [0.1, 0.15) is 5.75 Å². The molecule has 2 aromatic carbocycles. The molecule has 0 aliphatic rings. The molecule has 1 unspecified atom stereocenters. The fourth-order valence-corrected chi connectivity index (χ4v) is 2.01. The second-order valence-corrected chi connectivity index (χ2v) is 5.34. The first-order chi connectivity index (χ1) is 11.0. The van der Waals surface area contributed by atoms with Crippen molar-refractivity contribution in [1.29, 1.82) is 0 Å². The number of benzene rings is 2. The molecule has 0 fully saturated rings. The topological polar surface area (TPSA) is 67.4 Å². The van der Waals surface area contributed by atoms with E-state index in [1.165, 1.54) is 0 Å². The smallest absolute Gasteiger partial charge is 0.279 e. The van der Waals surface area contributed by atoms with E-state index in [0.29, 0.717) is 11.3 Å². The predicted molar refractivity (Wildman–Crippen MR) is 88.1 cm³/mol. The van der Waals surface area contributed by atoms with Crippen molar-refractivity contribution in [3.05, 3.63) is 65.2 Å². The lowest BCUT2D eigenvalue weighted by atomic mass is 10.1. The van der Waals surface area contributed by atoms with Crippen molar-refractivity contribution in [2.45, 2.75) is 26.9 Å². The molecular formula is C18H20N2O3. The van der Waals surface area contributed by atoms with Crippen molar-refractivity contribution in [3.8, 4) is 5.75 Å². The fraction of sp³-hybridized carbons (Fsp3) is 0.222. The molecule has 0 saturated carbocycles. The number of aryl methyl sites for hydroxylation is 2. The number of carbonyl (C=O) groups excluding carboxylic acids is 2. The van der Waals surface area contributed by atoms with Gasteiger partial charge in [0, 0.05) is 5.56 Å². The van der Waals surface area contributed by atoms with E-state index >= 15 is 0 Å². The number of hydrogen-bond donors (Lipinski definition) is 2. The molecular weight excluding hydrogens is 292 g/mol. The fourth-order valence-electron chi connectivity index (χ4n) is 2.01. The summed E-state index contributed by atoms with van der Waals surface area (Å²) in [7, 11) is 0. The lowest BCUT2D eigenvalue weighted by molar-refractivity contribution is -0.128. The maximum Gasteiger partial charge on any atom is 0.279 e. The lowest BCUT2D eigenvalue weighted by Crippen LogP contribution is -2.47. The van der Waals surface area contributed by atoms with Gasteiger partial charge >= 0.3 is 0 Å². The van der Waals surface area contributed by atoms with E-state index in [2.05, 4.69) is 10.9 Å². The van der Waals surface area contributed by atoms with Crippen LogP contribution in [0.5, 0.6) is 5.75 Å². The van der Waals surface area contributed by atoms with Gasteiger partial charge in [-0.1, -0.05) is 35.9 Å². The largest absolute Gasteiger partial charge is 0.481 e. The Bertz CT molecular complexity index is 713. The molecule has 0 spiro atoms. The van der Waals surface area contributed by atoms with Crippen LogP contribution in [0.4, 0.5) is 0 Å². The summed E-state index contributed by atoms with van der Waals surface area (Å²) >= 11 is 0. The SMILES string of the molecule is Cc1cccc(C(=O)NNC(=O)C(C)Oc2ccccc2C)c1. The molecule has 23 heavy (non-hydrogen) atoms. The van der Waals surface area contributed by atoms with Crippen molar-refractivity contribution in [3.63, 3.8) is 0 Å². The highest BCUT2D eigenvalue weighted by molar-refractivity contribution is 5.95. The molecule has 2 amide bonds. The molecule has 5 heteroatoms. The Morgan fingerprint density at radius 1 is 1.00 bits per heavy atom. The minimum absolute atomic E-state index is 0.370. The second kappa shape index (κ2) is 7.45. The molecule has 0 aliphatic carbocycles. The van der Waals surface area contributed by atoms with Crippen molar-refractivity contribution >= 4 is 11.8 Å². The summed E-state index contributed by atoms with van der Waals surface area (Å²) in [4.78, 5) is 24.0. The number of amides is 2. The van der Waals surface area contributed by atoms with E-state index in [9.17, 15) is 9.59 Å². The van der Waals surface area contributed by atoms with Crippen LogP contribution in [-0.4, -0.2) is 17.9 Å². The summed E-state index contributed by atoms with van der Waals surface area (Å²) in [5, 5.41) is 0. The third-order valence-corrected chi connectivity index (χ3v) is 3.35. The molecule has 2 rings (SSSR count). The van der Waals surface area contributed by atoms with Gasteiger partial charge in [0.05, 0.1) is 0 Å². The standard InChI is InChI=1S/C18H20N2O3/c1-12-7-6-9-15(11-12)18(22)20-19-17(21)14(3)23-16-10-5-4-8-13(16)2/h4-11,14H,1-3H3,(H,19,21)(H,20,22). The van der Waals surface area contributed by atoms with E-state index in [4.69, 9.17) is 4.74 Å². The molecule has 120 valence electrons. The highest BCUT2D eigenvalue weighted by atomic mass is 16.5. The molecule has 1 atom stereocenters. The number of hydrogen-bond acceptors (Lipinski definition) is 3. The number of nitrogens with one attached hydrogen (secondary N) is 2. The Balaban J connectivity index is 1.89. The van der Waals surface area contributed by atoms with Gasteiger partial charge < -0.3 is 4.74 Å². The molecule has 0 heterocycles. The van der Waals surface area contributed by atoms with Crippen LogP contribution < -0.4 is 15.6 Å². The Hall–Kier alpha value is -2.82. The van der Waals surface area contributed by atoms with E-state index in [1.54, 1.807) is 31.2 Å². The first kappa shape index (κ1) is 16.5. The summed E-state index contributed by atoms with van der Waals surface area (Å²) in [6, 6.07) is 14.5. The molecule has 0 radical (unpaired) electrons. The third-order valence-electron chi connectivity index (χ3n) is 3.35. The number of rotatable bonds is 4. The number of ether oxygens (including phenoxy) is 1. The highest BCUT2D eigenvalue weighted by Crippen LogP contribution is 2.17. The summed E-state index contributed by atoms with van der Waals surface area (Å²) < 4.78 is 5.60. The van der Waals surface area contributed by atoms with Gasteiger partial charge in [0.25, 0.3) is 11.8 Å². The highest BCUT2D eigenvalue weighted by Gasteiger charge is 2.16. The first-order valence-electron chi connectivity index (χ1n) is 7.36. The summed E-state index contributed by atoms with van der Waals surface area (Å²) in [6.07, 6.45) is -0.728.